The Kier molecular flexibility index (Phi) is 5.74. The van der Waals surface area contributed by atoms with Crippen molar-refractivity contribution in [2.24, 2.45) is 0 Å². The van der Waals surface area contributed by atoms with Gasteiger partial charge in [-0.2, -0.15) is 0 Å². The van der Waals surface area contributed by atoms with E-state index in [1.165, 1.54) is 0 Å². The minimum absolute atomic E-state index is 0.179. The van der Waals surface area contributed by atoms with Crippen molar-refractivity contribution in [3.8, 4) is 0 Å². The molecule has 0 rings (SSSR count). The van der Waals surface area contributed by atoms with Gasteiger partial charge in [0.25, 0.3) is 5.17 Å². The number of thiocarbonyl (C=S) groups is 1. The Hall–Kier alpha value is -0.640. The zero-order valence-corrected chi connectivity index (χ0v) is 7.66. The topological polar surface area (TPSA) is 38.3 Å². The molecule has 11 heavy (non-hydrogen) atoms. The number of hydrogen-bond acceptors (Lipinski definition) is 3. The third-order valence-corrected chi connectivity index (χ3v) is 1.24. The van der Waals surface area contributed by atoms with E-state index in [2.05, 4.69) is 10.1 Å². The standard InChI is InChI=1S/C7H13NO2S/c1-3-5-8-7(11)10-6(9)4-2/h3-5H2,1-2H3,(H,8,11). The molecule has 0 aliphatic carbocycles. The van der Waals surface area contributed by atoms with Crippen molar-refractivity contribution in [2.45, 2.75) is 26.7 Å². The molecule has 0 aliphatic heterocycles. The Bertz CT molecular complexity index is 147. The first-order chi connectivity index (χ1) is 5.20. The quantitative estimate of drug-likeness (QED) is 0.517. The van der Waals surface area contributed by atoms with E-state index in [0.29, 0.717) is 6.42 Å². The first-order valence-electron chi connectivity index (χ1n) is 3.69. The lowest BCUT2D eigenvalue weighted by Crippen LogP contribution is -2.26. The molecule has 64 valence electrons. The fraction of sp³-hybridized carbons (Fsp3) is 0.714. The van der Waals surface area contributed by atoms with Crippen LogP contribution in [-0.4, -0.2) is 17.7 Å². The van der Waals surface area contributed by atoms with Gasteiger partial charge in [0, 0.05) is 13.0 Å². The van der Waals surface area contributed by atoms with Crippen LogP contribution in [0.3, 0.4) is 0 Å². The van der Waals surface area contributed by atoms with Gasteiger partial charge in [-0.25, -0.2) is 0 Å². The summed E-state index contributed by atoms with van der Waals surface area (Å²) in [5.41, 5.74) is 0. The molecule has 0 radical (unpaired) electrons. The van der Waals surface area contributed by atoms with Gasteiger partial charge in [0.1, 0.15) is 0 Å². The number of rotatable bonds is 3. The van der Waals surface area contributed by atoms with Gasteiger partial charge in [-0.1, -0.05) is 13.8 Å². The lowest BCUT2D eigenvalue weighted by atomic mass is 10.5. The fourth-order valence-electron chi connectivity index (χ4n) is 0.439. The van der Waals surface area contributed by atoms with Crippen molar-refractivity contribution in [2.75, 3.05) is 6.54 Å². The Balaban J connectivity index is 3.44. The SMILES string of the molecule is CCCNC(=S)OC(=O)CC. The van der Waals surface area contributed by atoms with Crippen molar-refractivity contribution < 1.29 is 9.53 Å². The summed E-state index contributed by atoms with van der Waals surface area (Å²) >= 11 is 4.71. The van der Waals surface area contributed by atoms with Crippen molar-refractivity contribution in [3.05, 3.63) is 0 Å². The minimum atomic E-state index is -0.293. The molecule has 0 aromatic heterocycles. The van der Waals surface area contributed by atoms with Gasteiger partial charge in [-0.3, -0.25) is 4.79 Å². The molecule has 0 amide bonds. The zero-order chi connectivity index (χ0) is 8.69. The Morgan fingerprint density at radius 1 is 1.55 bits per heavy atom. The molecule has 0 saturated carbocycles. The summed E-state index contributed by atoms with van der Waals surface area (Å²) in [6, 6.07) is 0. The molecule has 0 heterocycles. The van der Waals surface area contributed by atoms with Crippen LogP contribution in [0.2, 0.25) is 0 Å². The van der Waals surface area contributed by atoms with E-state index in [1.54, 1.807) is 6.92 Å². The Morgan fingerprint density at radius 3 is 2.64 bits per heavy atom. The second-order valence-electron chi connectivity index (χ2n) is 2.04. The molecular weight excluding hydrogens is 162 g/mol. The number of ether oxygens (including phenoxy) is 1. The highest BCUT2D eigenvalue weighted by Gasteiger charge is 2.01. The maximum atomic E-state index is 10.6. The molecule has 0 fully saturated rings. The highest BCUT2D eigenvalue weighted by Crippen LogP contribution is 1.85. The smallest absolute Gasteiger partial charge is 0.312 e. The monoisotopic (exact) mass is 175 g/mol. The van der Waals surface area contributed by atoms with Gasteiger partial charge >= 0.3 is 5.97 Å². The summed E-state index contributed by atoms with van der Waals surface area (Å²) in [5, 5.41) is 2.97. The molecule has 0 saturated heterocycles. The summed E-state index contributed by atoms with van der Waals surface area (Å²) in [6.07, 6.45) is 1.32. The molecule has 1 N–H and O–H groups in total. The summed E-state index contributed by atoms with van der Waals surface area (Å²) in [4.78, 5) is 10.6. The van der Waals surface area contributed by atoms with Crippen molar-refractivity contribution >= 4 is 23.4 Å². The second kappa shape index (κ2) is 6.09. The van der Waals surface area contributed by atoms with Gasteiger partial charge in [0.2, 0.25) is 0 Å². The fourth-order valence-corrected chi connectivity index (χ4v) is 0.634. The largest absolute Gasteiger partial charge is 0.399 e. The van der Waals surface area contributed by atoms with E-state index in [-0.39, 0.29) is 11.1 Å². The van der Waals surface area contributed by atoms with Crippen molar-refractivity contribution in [1.29, 1.82) is 0 Å². The Labute approximate surface area is 72.1 Å². The highest BCUT2D eigenvalue weighted by molar-refractivity contribution is 7.80. The van der Waals surface area contributed by atoms with Crippen LogP contribution < -0.4 is 5.32 Å². The number of esters is 1. The van der Waals surface area contributed by atoms with E-state index < -0.39 is 0 Å². The molecule has 0 spiro atoms. The maximum absolute atomic E-state index is 10.6. The van der Waals surface area contributed by atoms with Crippen LogP contribution in [0.1, 0.15) is 26.7 Å². The average molecular weight is 175 g/mol. The van der Waals surface area contributed by atoms with E-state index in [9.17, 15) is 4.79 Å². The normalized spacial score (nSPS) is 8.91. The molecular formula is C7H13NO2S. The molecule has 4 heteroatoms. The second-order valence-corrected chi connectivity index (χ2v) is 2.41. The van der Waals surface area contributed by atoms with Gasteiger partial charge in [-0.15, -0.1) is 0 Å². The molecule has 0 bridgehead atoms. The van der Waals surface area contributed by atoms with Crippen LogP contribution in [0, 0.1) is 0 Å². The van der Waals surface area contributed by atoms with E-state index in [4.69, 9.17) is 12.2 Å². The molecule has 0 unspecified atom stereocenters. The summed E-state index contributed by atoms with van der Waals surface area (Å²) in [7, 11) is 0. The number of hydrogen-bond donors (Lipinski definition) is 1. The van der Waals surface area contributed by atoms with Crippen LogP contribution in [-0.2, 0) is 9.53 Å². The first-order valence-corrected chi connectivity index (χ1v) is 4.10. The number of carbonyl (C=O) groups excluding carboxylic acids is 1. The predicted octanol–water partition coefficient (Wildman–Crippen LogP) is 1.22. The van der Waals surface area contributed by atoms with Crippen molar-refractivity contribution in [3.63, 3.8) is 0 Å². The van der Waals surface area contributed by atoms with E-state index in [1.807, 2.05) is 6.92 Å². The van der Waals surface area contributed by atoms with E-state index in [0.717, 1.165) is 13.0 Å². The predicted molar refractivity (Wildman–Crippen MR) is 47.3 cm³/mol. The lowest BCUT2D eigenvalue weighted by molar-refractivity contribution is -0.135. The van der Waals surface area contributed by atoms with Crippen LogP contribution in [0.5, 0.6) is 0 Å². The zero-order valence-electron chi connectivity index (χ0n) is 6.85. The Morgan fingerprint density at radius 2 is 2.18 bits per heavy atom. The summed E-state index contributed by atoms with van der Waals surface area (Å²) in [5.74, 6) is -0.293. The van der Waals surface area contributed by atoms with Gasteiger partial charge < -0.3 is 10.1 Å². The molecule has 0 aromatic rings. The van der Waals surface area contributed by atoms with E-state index >= 15 is 0 Å². The first kappa shape index (κ1) is 10.4. The van der Waals surface area contributed by atoms with Crippen molar-refractivity contribution in [1.82, 2.24) is 5.32 Å². The average Bonchev–Trinajstić information content (AvgIpc) is 2.00. The number of nitrogens with one attached hydrogen (secondary N) is 1. The third-order valence-electron chi connectivity index (χ3n) is 1.01. The van der Waals surface area contributed by atoms with Crippen LogP contribution in [0.15, 0.2) is 0 Å². The summed E-state index contributed by atoms with van der Waals surface area (Å²) < 4.78 is 4.68. The minimum Gasteiger partial charge on any atom is -0.399 e. The van der Waals surface area contributed by atoms with Gasteiger partial charge in [0.15, 0.2) is 0 Å². The van der Waals surface area contributed by atoms with Gasteiger partial charge in [-0.05, 0) is 18.6 Å². The summed E-state index contributed by atoms with van der Waals surface area (Å²) in [6.45, 7) is 4.48. The molecule has 0 atom stereocenters. The lowest BCUT2D eigenvalue weighted by Gasteiger charge is -2.04. The molecule has 3 nitrogen and oxygen atoms in total. The molecule has 0 aromatic carbocycles. The number of carbonyl (C=O) groups is 1. The van der Waals surface area contributed by atoms with Crippen LogP contribution in [0.25, 0.3) is 0 Å². The third kappa shape index (κ3) is 5.79. The highest BCUT2D eigenvalue weighted by atomic mass is 32.1. The van der Waals surface area contributed by atoms with Crippen LogP contribution in [0.4, 0.5) is 0 Å². The maximum Gasteiger partial charge on any atom is 0.312 e. The van der Waals surface area contributed by atoms with Gasteiger partial charge in [0.05, 0.1) is 0 Å². The molecule has 0 aliphatic rings. The van der Waals surface area contributed by atoms with Crippen LogP contribution >= 0.6 is 12.2 Å².